The number of ketones is 2. The summed E-state index contributed by atoms with van der Waals surface area (Å²) in [6.45, 7) is 0.604. The molecule has 0 unspecified atom stereocenters. The zero-order valence-electron chi connectivity index (χ0n) is 12.9. The van der Waals surface area contributed by atoms with E-state index in [1.165, 1.54) is 0 Å². The summed E-state index contributed by atoms with van der Waals surface area (Å²) in [7, 11) is 0. The lowest BCUT2D eigenvalue weighted by molar-refractivity contribution is -0.124. The van der Waals surface area contributed by atoms with Gasteiger partial charge in [-0.25, -0.2) is 0 Å². The van der Waals surface area contributed by atoms with Gasteiger partial charge in [0.1, 0.15) is 0 Å². The number of hydrogen-bond donors (Lipinski definition) is 1. The zero-order chi connectivity index (χ0) is 16.1. The number of carbonyl (C=O) groups is 2. The molecule has 0 radical (unpaired) electrons. The molecule has 0 saturated heterocycles. The summed E-state index contributed by atoms with van der Waals surface area (Å²) in [4.78, 5) is 24.6. The first-order valence-corrected chi connectivity index (χ1v) is 7.83. The van der Waals surface area contributed by atoms with Gasteiger partial charge in [0.05, 0.1) is 5.57 Å². The number of Topliss-reactive ketones (excluding diaryl/α,β-unsaturated/α-hetero) is 2. The van der Waals surface area contributed by atoms with Crippen LogP contribution < -0.4 is 5.32 Å². The van der Waals surface area contributed by atoms with E-state index in [1.54, 1.807) is 6.20 Å². The molecule has 3 heteroatoms. The highest BCUT2D eigenvalue weighted by Gasteiger charge is 2.31. The summed E-state index contributed by atoms with van der Waals surface area (Å²) in [5.41, 5.74) is 2.47. The summed E-state index contributed by atoms with van der Waals surface area (Å²) in [6.07, 6.45) is 2.38. The molecule has 2 aromatic carbocycles. The topological polar surface area (TPSA) is 46.2 Å². The molecule has 2 aromatic rings. The van der Waals surface area contributed by atoms with Gasteiger partial charge in [0, 0.05) is 25.6 Å². The predicted octanol–water partition coefficient (Wildman–Crippen LogP) is 3.38. The Bertz CT molecular complexity index is 700. The lowest BCUT2D eigenvalue weighted by Crippen LogP contribution is -2.26. The number of carbonyl (C=O) groups excluding carboxylic acids is 2. The van der Waals surface area contributed by atoms with Crippen molar-refractivity contribution in [1.29, 1.82) is 0 Å². The quantitative estimate of drug-likeness (QED) is 0.696. The minimum absolute atomic E-state index is 0.00229. The van der Waals surface area contributed by atoms with Crippen molar-refractivity contribution in [2.24, 2.45) is 0 Å². The van der Waals surface area contributed by atoms with Gasteiger partial charge in [0.2, 0.25) is 0 Å². The number of nitrogens with one attached hydrogen (secondary N) is 1. The predicted molar refractivity (Wildman–Crippen MR) is 89.8 cm³/mol. The summed E-state index contributed by atoms with van der Waals surface area (Å²) in [5, 5.41) is 3.08. The van der Waals surface area contributed by atoms with Gasteiger partial charge in [0.25, 0.3) is 0 Å². The first kappa shape index (κ1) is 15.2. The number of allylic oxidation sites excluding steroid dienone is 1. The fourth-order valence-electron chi connectivity index (χ4n) is 2.88. The fraction of sp³-hybridized carbons (Fsp3) is 0.200. The first-order chi connectivity index (χ1) is 11.2. The third-order valence-electron chi connectivity index (χ3n) is 4.13. The van der Waals surface area contributed by atoms with Crippen molar-refractivity contribution in [2.45, 2.75) is 25.3 Å². The van der Waals surface area contributed by atoms with Gasteiger partial charge in [-0.05, 0) is 17.0 Å². The van der Waals surface area contributed by atoms with Crippen molar-refractivity contribution >= 4 is 11.6 Å². The van der Waals surface area contributed by atoms with Crippen molar-refractivity contribution < 1.29 is 9.59 Å². The second-order valence-electron chi connectivity index (χ2n) is 5.79. The van der Waals surface area contributed by atoms with Gasteiger partial charge in [-0.15, -0.1) is 0 Å². The van der Waals surface area contributed by atoms with Crippen LogP contribution in [0.4, 0.5) is 0 Å². The van der Waals surface area contributed by atoms with Crippen molar-refractivity contribution in [3.05, 3.63) is 83.6 Å². The van der Waals surface area contributed by atoms with Crippen molar-refractivity contribution in [1.82, 2.24) is 5.32 Å². The molecule has 3 nitrogen and oxygen atoms in total. The third-order valence-corrected chi connectivity index (χ3v) is 4.13. The van der Waals surface area contributed by atoms with E-state index in [1.807, 2.05) is 60.7 Å². The molecule has 1 fully saturated rings. The molecule has 1 aliphatic carbocycles. The Labute approximate surface area is 136 Å². The van der Waals surface area contributed by atoms with Crippen LogP contribution in [0, 0.1) is 0 Å². The second kappa shape index (κ2) is 7.05. The highest BCUT2D eigenvalue weighted by Crippen LogP contribution is 2.31. The molecule has 0 amide bonds. The van der Waals surface area contributed by atoms with E-state index in [4.69, 9.17) is 0 Å². The Morgan fingerprint density at radius 2 is 1.43 bits per heavy atom. The van der Waals surface area contributed by atoms with Crippen LogP contribution >= 0.6 is 0 Å². The van der Waals surface area contributed by atoms with E-state index >= 15 is 0 Å². The summed E-state index contributed by atoms with van der Waals surface area (Å²) in [6, 6.07) is 19.7. The average Bonchev–Trinajstić information content (AvgIpc) is 2.59. The molecule has 23 heavy (non-hydrogen) atoms. The van der Waals surface area contributed by atoms with E-state index in [0.717, 1.165) is 11.1 Å². The number of hydrogen-bond acceptors (Lipinski definition) is 3. The van der Waals surface area contributed by atoms with E-state index in [2.05, 4.69) is 5.32 Å². The minimum atomic E-state index is -0.0735. The van der Waals surface area contributed by atoms with Crippen LogP contribution in [0.2, 0.25) is 0 Å². The van der Waals surface area contributed by atoms with Gasteiger partial charge >= 0.3 is 0 Å². The van der Waals surface area contributed by atoms with Crippen LogP contribution in [0.5, 0.6) is 0 Å². The molecule has 0 spiro atoms. The molecule has 0 heterocycles. The highest BCUT2D eigenvalue weighted by molar-refractivity contribution is 6.22. The molecule has 3 rings (SSSR count). The molecule has 1 saturated carbocycles. The van der Waals surface area contributed by atoms with Crippen LogP contribution in [0.3, 0.4) is 0 Å². The van der Waals surface area contributed by atoms with E-state index in [0.29, 0.717) is 25.0 Å². The lowest BCUT2D eigenvalue weighted by Gasteiger charge is -2.22. The Morgan fingerprint density at radius 3 is 2.04 bits per heavy atom. The van der Waals surface area contributed by atoms with E-state index in [-0.39, 0.29) is 17.5 Å². The molecular weight excluding hydrogens is 286 g/mol. The van der Waals surface area contributed by atoms with Crippen LogP contribution in [0.15, 0.2) is 72.4 Å². The molecule has 116 valence electrons. The van der Waals surface area contributed by atoms with Crippen molar-refractivity contribution in [2.75, 3.05) is 0 Å². The van der Waals surface area contributed by atoms with Crippen LogP contribution in [-0.4, -0.2) is 11.6 Å². The molecule has 0 aliphatic heterocycles. The number of rotatable bonds is 4. The smallest absolute Gasteiger partial charge is 0.168 e. The van der Waals surface area contributed by atoms with Crippen LogP contribution in [0.1, 0.15) is 29.9 Å². The molecular formula is C20H19NO2. The van der Waals surface area contributed by atoms with Crippen molar-refractivity contribution in [3.8, 4) is 0 Å². The van der Waals surface area contributed by atoms with Gasteiger partial charge in [-0.2, -0.15) is 0 Å². The maximum Gasteiger partial charge on any atom is 0.168 e. The van der Waals surface area contributed by atoms with Gasteiger partial charge in [0.15, 0.2) is 11.6 Å². The monoisotopic (exact) mass is 305 g/mol. The highest BCUT2D eigenvalue weighted by atomic mass is 16.1. The van der Waals surface area contributed by atoms with Gasteiger partial charge in [-0.1, -0.05) is 60.7 Å². The second-order valence-corrected chi connectivity index (χ2v) is 5.79. The Hall–Kier alpha value is -2.68. The Kier molecular flexibility index (Phi) is 4.67. The van der Waals surface area contributed by atoms with Gasteiger partial charge < -0.3 is 5.32 Å². The Morgan fingerprint density at radius 1 is 0.870 bits per heavy atom. The molecule has 0 bridgehead atoms. The van der Waals surface area contributed by atoms with E-state index in [9.17, 15) is 9.59 Å². The van der Waals surface area contributed by atoms with Crippen LogP contribution in [-0.2, 0) is 16.1 Å². The Balaban J connectivity index is 1.65. The standard InChI is InChI=1S/C20H19NO2/c22-19-11-17(16-9-5-2-6-10-16)12-20(23)18(19)14-21-13-15-7-3-1-4-8-15/h1-10,14,17,21H,11-13H2. The maximum absolute atomic E-state index is 12.3. The zero-order valence-corrected chi connectivity index (χ0v) is 12.9. The molecule has 1 N–H and O–H groups in total. The van der Waals surface area contributed by atoms with Crippen LogP contribution in [0.25, 0.3) is 0 Å². The lowest BCUT2D eigenvalue weighted by atomic mass is 9.80. The SMILES string of the molecule is O=C1CC(c2ccccc2)CC(=O)C1=CNCc1ccccc1. The first-order valence-electron chi connectivity index (χ1n) is 7.83. The third kappa shape index (κ3) is 3.75. The largest absolute Gasteiger partial charge is 0.386 e. The maximum atomic E-state index is 12.3. The number of benzene rings is 2. The van der Waals surface area contributed by atoms with E-state index < -0.39 is 0 Å². The summed E-state index contributed by atoms with van der Waals surface area (Å²) < 4.78 is 0. The summed E-state index contributed by atoms with van der Waals surface area (Å²) in [5.74, 6) is -0.145. The van der Waals surface area contributed by atoms with Gasteiger partial charge in [-0.3, -0.25) is 9.59 Å². The fourth-order valence-corrected chi connectivity index (χ4v) is 2.88. The summed E-state index contributed by atoms with van der Waals surface area (Å²) >= 11 is 0. The average molecular weight is 305 g/mol. The van der Waals surface area contributed by atoms with Crippen molar-refractivity contribution in [3.63, 3.8) is 0 Å². The molecule has 0 aromatic heterocycles. The normalized spacial score (nSPS) is 17.9. The molecule has 0 atom stereocenters. The molecule has 1 aliphatic rings. The minimum Gasteiger partial charge on any atom is -0.386 e.